The number of nitrogens with one attached hydrogen (secondary N) is 2. The van der Waals surface area contributed by atoms with Gasteiger partial charge in [0, 0.05) is 5.56 Å². The Balaban J connectivity index is 1.96. The molecule has 1 heterocycles. The van der Waals surface area contributed by atoms with Gasteiger partial charge in [0.25, 0.3) is 11.8 Å². The molecule has 0 fully saturated rings. The molecule has 0 saturated carbocycles. The molecule has 170 valence electrons. The van der Waals surface area contributed by atoms with Crippen LogP contribution in [-0.2, 0) is 9.47 Å². The van der Waals surface area contributed by atoms with Crippen LogP contribution in [0.4, 0.5) is 10.7 Å². The first-order chi connectivity index (χ1) is 15.8. The molecule has 0 spiro atoms. The van der Waals surface area contributed by atoms with Crippen LogP contribution in [0, 0.1) is 13.8 Å². The number of esters is 2. The maximum Gasteiger partial charge on any atom is 0.341 e. The molecule has 0 aliphatic carbocycles. The van der Waals surface area contributed by atoms with Crippen LogP contribution in [0.1, 0.15) is 51.9 Å². The third-order valence-corrected chi connectivity index (χ3v) is 6.04. The number of carbonyl (C=O) groups is 4. The van der Waals surface area contributed by atoms with Crippen molar-refractivity contribution in [2.24, 2.45) is 0 Å². The second-order valence-corrected chi connectivity index (χ2v) is 8.09. The van der Waals surface area contributed by atoms with E-state index >= 15 is 0 Å². The first kappa shape index (κ1) is 23.7. The van der Waals surface area contributed by atoms with Gasteiger partial charge in [0.05, 0.1) is 35.9 Å². The highest BCUT2D eigenvalue weighted by molar-refractivity contribution is 7.19. The normalized spacial score (nSPS) is 10.3. The molecule has 9 heteroatoms. The fourth-order valence-corrected chi connectivity index (χ4v) is 4.27. The van der Waals surface area contributed by atoms with E-state index in [1.54, 1.807) is 43.3 Å². The lowest BCUT2D eigenvalue weighted by molar-refractivity contribution is 0.0592. The number of aryl methyl sites for hydroxylation is 1. The van der Waals surface area contributed by atoms with Crippen molar-refractivity contribution in [3.05, 3.63) is 81.2 Å². The summed E-state index contributed by atoms with van der Waals surface area (Å²) in [5, 5.41) is 5.58. The van der Waals surface area contributed by atoms with Gasteiger partial charge in [0.1, 0.15) is 5.00 Å². The zero-order valence-electron chi connectivity index (χ0n) is 18.5. The topological polar surface area (TPSA) is 111 Å². The lowest BCUT2D eigenvalue weighted by Crippen LogP contribution is -2.15. The molecule has 33 heavy (non-hydrogen) atoms. The Morgan fingerprint density at radius 3 is 2.18 bits per heavy atom. The van der Waals surface area contributed by atoms with E-state index in [2.05, 4.69) is 10.6 Å². The highest BCUT2D eigenvalue weighted by Crippen LogP contribution is 2.35. The summed E-state index contributed by atoms with van der Waals surface area (Å²) in [5.41, 5.74) is 2.20. The minimum atomic E-state index is -0.683. The van der Waals surface area contributed by atoms with Crippen molar-refractivity contribution in [3.63, 3.8) is 0 Å². The van der Waals surface area contributed by atoms with E-state index in [0.29, 0.717) is 11.1 Å². The molecule has 8 nitrogen and oxygen atoms in total. The molecule has 1 aromatic heterocycles. The summed E-state index contributed by atoms with van der Waals surface area (Å²) in [7, 11) is 2.47. The molecule has 0 aliphatic rings. The lowest BCUT2D eigenvalue weighted by Gasteiger charge is -2.09. The summed E-state index contributed by atoms with van der Waals surface area (Å²) >= 11 is 0.943. The molecule has 0 aliphatic heterocycles. The Kier molecular flexibility index (Phi) is 7.24. The number of amides is 2. The van der Waals surface area contributed by atoms with Crippen molar-refractivity contribution < 1.29 is 28.7 Å². The van der Waals surface area contributed by atoms with E-state index in [4.69, 9.17) is 9.47 Å². The second kappa shape index (κ2) is 10.1. The fraction of sp³-hybridized carbons (Fsp3) is 0.167. The van der Waals surface area contributed by atoms with Gasteiger partial charge < -0.3 is 20.1 Å². The van der Waals surface area contributed by atoms with Crippen LogP contribution >= 0.6 is 11.3 Å². The van der Waals surface area contributed by atoms with Gasteiger partial charge >= 0.3 is 11.9 Å². The highest BCUT2D eigenvalue weighted by Gasteiger charge is 2.27. The molecule has 0 radical (unpaired) electrons. The summed E-state index contributed by atoms with van der Waals surface area (Å²) in [5.74, 6) is -2.25. The van der Waals surface area contributed by atoms with Gasteiger partial charge in [0.2, 0.25) is 0 Å². The number of carbonyl (C=O) groups excluding carboxylic acids is 4. The van der Waals surface area contributed by atoms with Gasteiger partial charge in [-0.05, 0) is 43.7 Å². The number of hydrogen-bond acceptors (Lipinski definition) is 7. The van der Waals surface area contributed by atoms with Gasteiger partial charge in [-0.2, -0.15) is 0 Å². The number of benzene rings is 2. The van der Waals surface area contributed by atoms with E-state index in [0.717, 1.165) is 16.9 Å². The van der Waals surface area contributed by atoms with Crippen LogP contribution in [0.5, 0.6) is 0 Å². The second-order valence-electron chi connectivity index (χ2n) is 7.07. The highest BCUT2D eigenvalue weighted by atomic mass is 32.1. The number of anilines is 2. The predicted octanol–water partition coefficient (Wildman–Crippen LogP) is 4.44. The largest absolute Gasteiger partial charge is 0.465 e. The van der Waals surface area contributed by atoms with Crippen LogP contribution < -0.4 is 10.6 Å². The molecule has 2 N–H and O–H groups in total. The third kappa shape index (κ3) is 5.09. The molecule has 2 amide bonds. The van der Waals surface area contributed by atoms with Gasteiger partial charge in [-0.3, -0.25) is 9.59 Å². The SMILES string of the molecule is COC(=O)c1ccccc1NC(=O)c1sc(NC(=O)c2cccc(C)c2)c(C(=O)OC)c1C. The summed E-state index contributed by atoms with van der Waals surface area (Å²) < 4.78 is 9.62. The standard InChI is InChI=1S/C24H22N2O6S/c1-13-8-7-9-15(12-13)20(27)26-22-18(24(30)32-4)14(2)19(33-22)21(28)25-17-11-6-5-10-16(17)23(29)31-3/h5-12H,1-4H3,(H,25,28)(H,26,27). The van der Waals surface area contributed by atoms with Gasteiger partial charge in [-0.1, -0.05) is 29.8 Å². The van der Waals surface area contributed by atoms with E-state index < -0.39 is 23.8 Å². The number of rotatable bonds is 6. The van der Waals surface area contributed by atoms with Crippen LogP contribution in [0.15, 0.2) is 48.5 Å². The minimum absolute atomic E-state index is 0.0925. The van der Waals surface area contributed by atoms with Gasteiger partial charge in [-0.15, -0.1) is 11.3 Å². The molecule has 3 aromatic rings. The van der Waals surface area contributed by atoms with Crippen LogP contribution in [0.25, 0.3) is 0 Å². The molecule has 2 aromatic carbocycles. The summed E-state index contributed by atoms with van der Waals surface area (Å²) in [6.07, 6.45) is 0. The van der Waals surface area contributed by atoms with E-state index in [1.165, 1.54) is 20.3 Å². The number of thiophene rings is 1. The maximum atomic E-state index is 13.1. The molecule has 3 rings (SSSR count). The van der Waals surface area contributed by atoms with Crippen LogP contribution in [-0.4, -0.2) is 38.0 Å². The van der Waals surface area contributed by atoms with Crippen molar-refractivity contribution in [1.29, 1.82) is 0 Å². The molecular weight excluding hydrogens is 444 g/mol. The zero-order chi connectivity index (χ0) is 24.1. The van der Waals surface area contributed by atoms with Gasteiger partial charge in [0.15, 0.2) is 0 Å². The summed E-state index contributed by atoms with van der Waals surface area (Å²) in [4.78, 5) is 50.5. The monoisotopic (exact) mass is 466 g/mol. The van der Waals surface area contributed by atoms with E-state index in [9.17, 15) is 19.2 Å². The Bertz CT molecular complexity index is 1250. The van der Waals surface area contributed by atoms with Crippen LogP contribution in [0.3, 0.4) is 0 Å². The first-order valence-electron chi connectivity index (χ1n) is 9.85. The number of ether oxygens (including phenoxy) is 2. The van der Waals surface area contributed by atoms with Crippen LogP contribution in [0.2, 0.25) is 0 Å². The Morgan fingerprint density at radius 1 is 0.818 bits per heavy atom. The van der Waals surface area contributed by atoms with E-state index in [-0.39, 0.29) is 26.7 Å². The van der Waals surface area contributed by atoms with E-state index in [1.807, 2.05) is 13.0 Å². The lowest BCUT2D eigenvalue weighted by atomic mass is 10.1. The number of hydrogen-bond donors (Lipinski definition) is 2. The molecule has 0 saturated heterocycles. The first-order valence-corrected chi connectivity index (χ1v) is 10.7. The predicted molar refractivity (Wildman–Crippen MR) is 125 cm³/mol. The number of para-hydroxylation sites is 1. The smallest absolute Gasteiger partial charge is 0.341 e. The zero-order valence-corrected chi connectivity index (χ0v) is 19.3. The Hall–Kier alpha value is -3.98. The third-order valence-electron chi connectivity index (χ3n) is 4.83. The minimum Gasteiger partial charge on any atom is -0.465 e. The van der Waals surface area contributed by atoms with Crippen molar-refractivity contribution in [2.75, 3.05) is 24.9 Å². The Labute approximate surface area is 194 Å². The van der Waals surface area contributed by atoms with Crippen molar-refractivity contribution in [3.8, 4) is 0 Å². The van der Waals surface area contributed by atoms with Crippen molar-refractivity contribution in [1.82, 2.24) is 0 Å². The molecule has 0 atom stereocenters. The van der Waals surface area contributed by atoms with Gasteiger partial charge in [-0.25, -0.2) is 9.59 Å². The fourth-order valence-electron chi connectivity index (χ4n) is 3.19. The quantitative estimate of drug-likeness (QED) is 0.520. The van der Waals surface area contributed by atoms with Crippen molar-refractivity contribution in [2.45, 2.75) is 13.8 Å². The molecule has 0 unspecified atom stereocenters. The average Bonchev–Trinajstić information content (AvgIpc) is 3.14. The number of methoxy groups -OCH3 is 2. The molecular formula is C24H22N2O6S. The maximum absolute atomic E-state index is 13.1. The molecule has 0 bridgehead atoms. The summed E-state index contributed by atoms with van der Waals surface area (Å²) in [6.45, 7) is 3.45. The average molecular weight is 467 g/mol. The Morgan fingerprint density at radius 2 is 1.52 bits per heavy atom. The summed E-state index contributed by atoms with van der Waals surface area (Å²) in [6, 6.07) is 13.4. The van der Waals surface area contributed by atoms with Crippen molar-refractivity contribution >= 4 is 45.8 Å².